The molecule has 0 rings (SSSR count). The Bertz CT molecular complexity index is 295. The van der Waals surface area contributed by atoms with Crippen molar-refractivity contribution in [3.63, 3.8) is 0 Å². The first kappa shape index (κ1) is 33.4. The Morgan fingerprint density at radius 2 is 1.08 bits per heavy atom. The van der Waals surface area contributed by atoms with Crippen LogP contribution >= 0.6 is 0 Å². The van der Waals surface area contributed by atoms with Crippen molar-refractivity contribution in [3.8, 4) is 0 Å². The summed E-state index contributed by atoms with van der Waals surface area (Å²) < 4.78 is 34.0. The van der Waals surface area contributed by atoms with E-state index < -0.39 is 10.4 Å². The van der Waals surface area contributed by atoms with Crippen molar-refractivity contribution in [2.24, 2.45) is 0 Å². The fraction of sp³-hybridized carbons (Fsp3) is 1.00. The summed E-state index contributed by atoms with van der Waals surface area (Å²) >= 11 is 0. The molecule has 0 unspecified atom stereocenters. The van der Waals surface area contributed by atoms with Gasteiger partial charge in [0, 0.05) is 0 Å². The van der Waals surface area contributed by atoms with E-state index in [9.17, 15) is 18.1 Å². The van der Waals surface area contributed by atoms with Gasteiger partial charge in [-0.1, -0.05) is 84.5 Å². The third-order valence-electron chi connectivity index (χ3n) is 3.22. The van der Waals surface area contributed by atoms with Crippen molar-refractivity contribution in [1.29, 1.82) is 0 Å². The fourth-order valence-electron chi connectivity index (χ4n) is 1.93. The molecule has 0 aliphatic rings. The molecule has 0 saturated heterocycles. The third kappa shape index (κ3) is 39.1. The minimum atomic E-state index is -4.47. The predicted octanol–water partition coefficient (Wildman–Crippen LogP) is -2.46. The quantitative estimate of drug-likeness (QED) is 0.143. The van der Waals surface area contributed by atoms with Gasteiger partial charge in [-0.3, -0.25) is 4.18 Å². The second kappa shape index (κ2) is 27.1. The van der Waals surface area contributed by atoms with Crippen molar-refractivity contribution >= 4 is 10.4 Å². The molecule has 0 aromatic heterocycles. The molecule has 8 heteroatoms. The van der Waals surface area contributed by atoms with Gasteiger partial charge in [-0.05, 0) is 6.42 Å². The Morgan fingerprint density at radius 3 is 1.46 bits per heavy atom. The largest absolute Gasteiger partial charge is 1.00 e. The van der Waals surface area contributed by atoms with Crippen LogP contribution in [0.2, 0.25) is 0 Å². The maximum Gasteiger partial charge on any atom is 1.00 e. The summed E-state index contributed by atoms with van der Waals surface area (Å²) in [6.07, 6.45) is 13.4. The molecule has 0 amide bonds. The molecule has 0 atom stereocenters. The molecule has 0 aromatic rings. The molecular weight excluding hydrogens is 350 g/mol. The van der Waals surface area contributed by atoms with Crippen molar-refractivity contribution in [2.45, 2.75) is 90.9 Å². The van der Waals surface area contributed by atoms with Crippen LogP contribution in [-0.2, 0) is 14.6 Å². The van der Waals surface area contributed by atoms with E-state index in [-0.39, 0.29) is 72.3 Å². The van der Waals surface area contributed by atoms with Crippen LogP contribution in [-0.4, -0.2) is 26.2 Å². The second-order valence-corrected chi connectivity index (χ2v) is 6.52. The summed E-state index contributed by atoms with van der Waals surface area (Å²) in [5.74, 6) is 0. The van der Waals surface area contributed by atoms with Crippen LogP contribution in [0.3, 0.4) is 0 Å². The van der Waals surface area contributed by atoms with Crippen LogP contribution in [0.1, 0.15) is 90.9 Å². The first-order valence-corrected chi connectivity index (χ1v) is 9.99. The summed E-state index contributed by atoms with van der Waals surface area (Å²) in [6.45, 7) is 4.48. The average molecular weight is 384 g/mol. The first-order chi connectivity index (χ1) is 10.5. The van der Waals surface area contributed by atoms with Gasteiger partial charge in [0.2, 0.25) is 10.4 Å². The summed E-state index contributed by atoms with van der Waals surface area (Å²) in [5.41, 5.74) is 0. The van der Waals surface area contributed by atoms with Crippen molar-refractivity contribution in [2.75, 3.05) is 13.2 Å². The van der Waals surface area contributed by atoms with E-state index in [2.05, 4.69) is 18.0 Å². The Morgan fingerprint density at radius 1 is 0.708 bits per heavy atom. The van der Waals surface area contributed by atoms with Crippen molar-refractivity contribution in [1.82, 2.24) is 0 Å². The maximum atomic E-state index is 9.99. The molecule has 136 valence electrons. The molecule has 24 heavy (non-hydrogen) atoms. The van der Waals surface area contributed by atoms with Gasteiger partial charge in [-0.2, -0.15) is 0 Å². The van der Waals surface area contributed by atoms with Gasteiger partial charge in [0.25, 0.3) is 0 Å². The zero-order valence-corrected chi connectivity index (χ0v) is 21.2. The maximum absolute atomic E-state index is 9.99. The van der Waals surface area contributed by atoms with E-state index in [0.717, 1.165) is 25.7 Å². The molecule has 0 spiro atoms. The van der Waals surface area contributed by atoms with Crippen LogP contribution in [0.15, 0.2) is 0 Å². The molecule has 0 aromatic carbocycles. The predicted molar refractivity (Wildman–Crippen MR) is 87.3 cm³/mol. The Kier molecular flexibility index (Phi) is 37.7. The van der Waals surface area contributed by atoms with Crippen LogP contribution in [0, 0.1) is 0 Å². The standard InChI is InChI=1S/C8H18O4S.C8H17O.2Na/c1-2-3-4-5-6-7-8-12-13(9,10)11;1-2-3-4-5-6-7-8-9;;/h2-8H2,1H3,(H,9,10,11);2-8H2,1H3;;/q;-1;2*+1/p-1. The van der Waals surface area contributed by atoms with E-state index in [4.69, 9.17) is 0 Å². The summed E-state index contributed by atoms with van der Waals surface area (Å²) in [4.78, 5) is 0. The van der Waals surface area contributed by atoms with Gasteiger partial charge in [0.05, 0.1) is 6.61 Å². The number of hydrogen-bond donors (Lipinski definition) is 0. The molecule has 0 saturated carbocycles. The van der Waals surface area contributed by atoms with Gasteiger partial charge in [0.15, 0.2) is 0 Å². The minimum Gasteiger partial charge on any atom is -0.854 e. The molecule has 0 radical (unpaired) electrons. The Hall–Kier alpha value is 1.83. The zero-order valence-electron chi connectivity index (χ0n) is 16.3. The van der Waals surface area contributed by atoms with E-state index in [1.54, 1.807) is 0 Å². The molecule has 5 nitrogen and oxygen atoms in total. The Balaban J connectivity index is -0.000000162. The molecule has 0 bridgehead atoms. The van der Waals surface area contributed by atoms with Crippen LogP contribution in [0.25, 0.3) is 0 Å². The topological polar surface area (TPSA) is 89.5 Å². The number of unbranched alkanes of at least 4 members (excludes halogenated alkanes) is 10. The van der Waals surface area contributed by atoms with Crippen molar-refractivity contribution in [3.05, 3.63) is 0 Å². The Labute approximate surface area is 194 Å². The molecule has 0 heterocycles. The van der Waals surface area contributed by atoms with Gasteiger partial charge < -0.3 is 9.66 Å². The zero-order chi connectivity index (χ0) is 17.1. The second-order valence-electron chi connectivity index (χ2n) is 5.47. The van der Waals surface area contributed by atoms with Crippen LogP contribution in [0.4, 0.5) is 0 Å². The average Bonchev–Trinajstić information content (AvgIpc) is 2.46. The summed E-state index contributed by atoms with van der Waals surface area (Å²) in [5, 5.41) is 9.96. The van der Waals surface area contributed by atoms with E-state index in [1.165, 1.54) is 44.9 Å². The number of hydrogen-bond acceptors (Lipinski definition) is 5. The summed E-state index contributed by atoms with van der Waals surface area (Å²) in [7, 11) is -4.47. The third-order valence-corrected chi connectivity index (χ3v) is 3.68. The van der Waals surface area contributed by atoms with Gasteiger partial charge in [-0.15, -0.1) is 6.61 Å². The number of rotatable bonds is 14. The molecule has 0 fully saturated rings. The van der Waals surface area contributed by atoms with Gasteiger partial charge in [-0.25, -0.2) is 8.42 Å². The van der Waals surface area contributed by atoms with Gasteiger partial charge in [0.1, 0.15) is 0 Å². The van der Waals surface area contributed by atoms with Crippen LogP contribution < -0.4 is 64.2 Å². The van der Waals surface area contributed by atoms with Crippen molar-refractivity contribution < 1.29 is 81.4 Å². The van der Waals surface area contributed by atoms with E-state index >= 15 is 0 Å². The van der Waals surface area contributed by atoms with E-state index in [0.29, 0.717) is 6.42 Å². The molecule has 0 aliphatic carbocycles. The van der Waals surface area contributed by atoms with Gasteiger partial charge >= 0.3 is 59.1 Å². The van der Waals surface area contributed by atoms with Crippen LogP contribution in [0.5, 0.6) is 0 Å². The SMILES string of the molecule is CCCCCCCCOS(=O)(=O)[O-].CCCCCCCC[O-].[Na+].[Na+]. The smallest absolute Gasteiger partial charge is 0.854 e. The monoisotopic (exact) mass is 384 g/mol. The minimum absolute atomic E-state index is 0. The molecule has 0 N–H and O–H groups in total. The first-order valence-electron chi connectivity index (χ1n) is 8.66. The summed E-state index contributed by atoms with van der Waals surface area (Å²) in [6, 6.07) is 0. The van der Waals surface area contributed by atoms with E-state index in [1.807, 2.05) is 0 Å². The fourth-order valence-corrected chi connectivity index (χ4v) is 2.25. The molecule has 0 aliphatic heterocycles. The molecular formula is C16H34Na2O5S. The normalized spacial score (nSPS) is 10.2.